The van der Waals surface area contributed by atoms with Crippen LogP contribution in [0.2, 0.25) is 0 Å². The van der Waals surface area contributed by atoms with E-state index in [-0.39, 0.29) is 0 Å². The van der Waals surface area contributed by atoms with Crippen molar-refractivity contribution in [3.05, 3.63) is 11.9 Å². The van der Waals surface area contributed by atoms with Gasteiger partial charge in [0, 0.05) is 38.4 Å². The summed E-state index contributed by atoms with van der Waals surface area (Å²) >= 11 is 0. The Balaban J connectivity index is 1.71. The highest BCUT2D eigenvalue weighted by Crippen LogP contribution is 2.18. The summed E-state index contributed by atoms with van der Waals surface area (Å²) in [5, 5.41) is 11.9. The monoisotopic (exact) mass is 294 g/mol. The molecule has 1 N–H and O–H groups in total. The van der Waals surface area contributed by atoms with Crippen molar-refractivity contribution in [1.82, 2.24) is 30.1 Å². The van der Waals surface area contributed by atoms with E-state index in [1.807, 2.05) is 4.68 Å². The lowest BCUT2D eigenvalue weighted by Crippen LogP contribution is -2.34. The molecule has 1 saturated carbocycles. The van der Waals surface area contributed by atoms with E-state index in [1.165, 1.54) is 19.3 Å². The van der Waals surface area contributed by atoms with Crippen LogP contribution >= 0.6 is 0 Å². The molecule has 0 bridgehead atoms. The van der Waals surface area contributed by atoms with Gasteiger partial charge in [0.2, 0.25) is 0 Å². The molecule has 6 heteroatoms. The second-order valence-electron chi connectivity index (χ2n) is 6.27. The van der Waals surface area contributed by atoms with Crippen LogP contribution < -0.4 is 5.32 Å². The highest BCUT2D eigenvalue weighted by atomic mass is 15.4. The standard InChI is InChI=1S/C15H30N6/c1-4-7-20(9-8-19(2)3)10-11-21-13-15(17-18-21)12-16-14-5-6-14/h13-14,16H,4-12H2,1-3H3. The van der Waals surface area contributed by atoms with Crippen LogP contribution in [0.25, 0.3) is 0 Å². The van der Waals surface area contributed by atoms with Crippen molar-refractivity contribution in [1.29, 1.82) is 0 Å². The van der Waals surface area contributed by atoms with E-state index in [2.05, 4.69) is 52.6 Å². The zero-order valence-corrected chi connectivity index (χ0v) is 13.8. The number of rotatable bonds is 11. The van der Waals surface area contributed by atoms with Crippen LogP contribution in [0.3, 0.4) is 0 Å². The van der Waals surface area contributed by atoms with Gasteiger partial charge < -0.3 is 15.1 Å². The Hall–Kier alpha value is -0.980. The van der Waals surface area contributed by atoms with Crippen molar-refractivity contribution < 1.29 is 0 Å². The average Bonchev–Trinajstić information content (AvgIpc) is 3.18. The first-order valence-electron chi connectivity index (χ1n) is 8.17. The first-order chi connectivity index (χ1) is 10.2. The van der Waals surface area contributed by atoms with Gasteiger partial charge in [0.15, 0.2) is 0 Å². The molecule has 0 atom stereocenters. The molecule has 0 unspecified atom stereocenters. The Kier molecular flexibility index (Phi) is 6.60. The van der Waals surface area contributed by atoms with Crippen molar-refractivity contribution >= 4 is 0 Å². The van der Waals surface area contributed by atoms with E-state index in [0.717, 1.165) is 51.0 Å². The van der Waals surface area contributed by atoms with Crippen LogP contribution in [0.1, 0.15) is 31.9 Å². The van der Waals surface area contributed by atoms with Crippen molar-refractivity contribution in [2.75, 3.05) is 40.3 Å². The minimum Gasteiger partial charge on any atom is -0.308 e. The third-order valence-electron chi connectivity index (χ3n) is 3.78. The lowest BCUT2D eigenvalue weighted by Gasteiger charge is -2.23. The number of aromatic nitrogens is 3. The zero-order chi connectivity index (χ0) is 15.1. The molecule has 1 heterocycles. The largest absolute Gasteiger partial charge is 0.308 e. The predicted octanol–water partition coefficient (Wildman–Crippen LogP) is 0.804. The highest BCUT2D eigenvalue weighted by Gasteiger charge is 2.20. The van der Waals surface area contributed by atoms with E-state index >= 15 is 0 Å². The minimum absolute atomic E-state index is 0.723. The first-order valence-corrected chi connectivity index (χ1v) is 8.17. The summed E-state index contributed by atoms with van der Waals surface area (Å²) < 4.78 is 1.97. The molecular weight excluding hydrogens is 264 g/mol. The summed E-state index contributed by atoms with van der Waals surface area (Å²) in [6.45, 7) is 8.42. The summed E-state index contributed by atoms with van der Waals surface area (Å²) in [5.41, 5.74) is 1.05. The molecule has 0 saturated heterocycles. The molecule has 6 nitrogen and oxygen atoms in total. The van der Waals surface area contributed by atoms with Gasteiger partial charge in [0.25, 0.3) is 0 Å². The maximum Gasteiger partial charge on any atom is 0.0964 e. The molecule has 0 aliphatic heterocycles. The number of likely N-dealkylation sites (N-methyl/N-ethyl adjacent to an activating group) is 1. The fourth-order valence-corrected chi connectivity index (χ4v) is 2.30. The van der Waals surface area contributed by atoms with E-state index in [1.54, 1.807) is 0 Å². The van der Waals surface area contributed by atoms with Crippen LogP contribution in [0, 0.1) is 0 Å². The van der Waals surface area contributed by atoms with Gasteiger partial charge >= 0.3 is 0 Å². The molecule has 2 rings (SSSR count). The third-order valence-corrected chi connectivity index (χ3v) is 3.78. The Morgan fingerprint density at radius 2 is 2.05 bits per heavy atom. The van der Waals surface area contributed by atoms with Crippen LogP contribution in [0.4, 0.5) is 0 Å². The topological polar surface area (TPSA) is 49.2 Å². The molecule has 1 aliphatic carbocycles. The summed E-state index contributed by atoms with van der Waals surface area (Å²) in [6, 6.07) is 0.723. The molecule has 120 valence electrons. The summed E-state index contributed by atoms with van der Waals surface area (Å²) in [5.74, 6) is 0. The van der Waals surface area contributed by atoms with Crippen molar-refractivity contribution in [3.8, 4) is 0 Å². The Bertz CT molecular complexity index is 399. The van der Waals surface area contributed by atoms with Crippen molar-refractivity contribution in [2.24, 2.45) is 0 Å². The molecule has 0 amide bonds. The molecule has 21 heavy (non-hydrogen) atoms. The molecule has 1 aromatic heterocycles. The second-order valence-corrected chi connectivity index (χ2v) is 6.27. The van der Waals surface area contributed by atoms with Gasteiger partial charge in [-0.05, 0) is 39.9 Å². The van der Waals surface area contributed by atoms with Crippen molar-refractivity contribution in [2.45, 2.75) is 45.3 Å². The van der Waals surface area contributed by atoms with Gasteiger partial charge in [-0.25, -0.2) is 0 Å². The number of nitrogens with zero attached hydrogens (tertiary/aromatic N) is 5. The maximum absolute atomic E-state index is 4.24. The SMILES string of the molecule is CCCN(CCN(C)C)CCn1cc(CNC2CC2)nn1. The van der Waals surface area contributed by atoms with Crippen molar-refractivity contribution in [3.63, 3.8) is 0 Å². The minimum atomic E-state index is 0.723. The molecule has 0 aromatic carbocycles. The van der Waals surface area contributed by atoms with E-state index < -0.39 is 0 Å². The Morgan fingerprint density at radius 3 is 2.71 bits per heavy atom. The summed E-state index contributed by atoms with van der Waals surface area (Å²) in [7, 11) is 4.25. The normalized spacial score (nSPS) is 15.3. The highest BCUT2D eigenvalue weighted by molar-refractivity contribution is 4.94. The number of hydrogen-bond donors (Lipinski definition) is 1. The first kappa shape index (κ1) is 16.4. The quantitative estimate of drug-likeness (QED) is 0.654. The number of hydrogen-bond acceptors (Lipinski definition) is 5. The van der Waals surface area contributed by atoms with Crippen LogP contribution in [-0.2, 0) is 13.1 Å². The number of nitrogens with one attached hydrogen (secondary N) is 1. The second kappa shape index (κ2) is 8.46. The predicted molar refractivity (Wildman–Crippen MR) is 85.2 cm³/mol. The smallest absolute Gasteiger partial charge is 0.0964 e. The molecule has 1 aromatic rings. The van der Waals surface area contributed by atoms with E-state index in [9.17, 15) is 0 Å². The van der Waals surface area contributed by atoms with E-state index in [4.69, 9.17) is 0 Å². The average molecular weight is 294 g/mol. The molecular formula is C15H30N6. The van der Waals surface area contributed by atoms with E-state index in [0.29, 0.717) is 0 Å². The Labute approximate surface area is 128 Å². The third kappa shape index (κ3) is 6.54. The maximum atomic E-state index is 4.24. The van der Waals surface area contributed by atoms with Crippen LogP contribution in [-0.4, -0.2) is 71.1 Å². The zero-order valence-electron chi connectivity index (χ0n) is 13.8. The van der Waals surface area contributed by atoms with Crippen LogP contribution in [0.15, 0.2) is 6.20 Å². The van der Waals surface area contributed by atoms with Gasteiger partial charge in [0.1, 0.15) is 0 Å². The lowest BCUT2D eigenvalue weighted by molar-refractivity contribution is 0.230. The fraction of sp³-hybridized carbons (Fsp3) is 0.867. The van der Waals surface area contributed by atoms with Gasteiger partial charge in [-0.1, -0.05) is 12.1 Å². The van der Waals surface area contributed by atoms with Gasteiger partial charge in [-0.3, -0.25) is 4.68 Å². The fourth-order valence-electron chi connectivity index (χ4n) is 2.30. The summed E-state index contributed by atoms with van der Waals surface area (Å²) in [6.07, 6.45) is 5.89. The van der Waals surface area contributed by atoms with Gasteiger partial charge in [-0.15, -0.1) is 5.10 Å². The molecule has 1 fully saturated rings. The molecule has 0 radical (unpaired) electrons. The molecule has 0 spiro atoms. The lowest BCUT2D eigenvalue weighted by atomic mass is 10.3. The Morgan fingerprint density at radius 1 is 1.24 bits per heavy atom. The van der Waals surface area contributed by atoms with Crippen LogP contribution in [0.5, 0.6) is 0 Å². The summed E-state index contributed by atoms with van der Waals surface area (Å²) in [4.78, 5) is 4.74. The van der Waals surface area contributed by atoms with Gasteiger partial charge in [-0.2, -0.15) is 0 Å². The molecule has 1 aliphatic rings. The van der Waals surface area contributed by atoms with Gasteiger partial charge in [0.05, 0.1) is 12.2 Å².